The molecule has 0 aliphatic heterocycles. The van der Waals surface area contributed by atoms with Gasteiger partial charge in [-0.3, -0.25) is 14.4 Å². The summed E-state index contributed by atoms with van der Waals surface area (Å²) < 4.78 is 28.4. The molecule has 0 aliphatic carbocycles. The third-order valence-corrected chi connectivity index (χ3v) is 11.3. The van der Waals surface area contributed by atoms with Gasteiger partial charge in [0, 0.05) is 0 Å². The van der Waals surface area contributed by atoms with Gasteiger partial charge in [-0.2, -0.15) is 20.8 Å². The van der Waals surface area contributed by atoms with Gasteiger partial charge in [-0.15, -0.1) is 0 Å². The van der Waals surface area contributed by atoms with E-state index in [-0.39, 0.29) is 32.0 Å². The second-order valence-electron chi connectivity index (χ2n) is 16.6. The number of unbranched alkanes of at least 4 members (excludes halogenated alkanes) is 6. The standard InChI is InChI=1S/C52H62N4O8/c1-6-51(3,49(58)63-33-13-9-7-11-31-61-46-27-21-43(22-28-46)42-19-15-40(36-53)16-20-42)38-52(4,35-39(2)48(57)60-5)50(59)64-34-14-10-8-12-32-62-47-29-25-45(26-30-47)56-55-44-23-17-41(37-54)18-24-44/h15-30,39H,6-14,31-35,38H2,1-5H3/b56-55+. The molecule has 3 unspecified atom stereocenters. The topological polar surface area (TPSA) is 170 Å². The van der Waals surface area contributed by atoms with E-state index in [1.165, 1.54) is 7.11 Å². The molecule has 3 atom stereocenters. The maximum Gasteiger partial charge on any atom is 0.311 e. The molecule has 4 aromatic carbocycles. The van der Waals surface area contributed by atoms with Crippen LogP contribution in [0.25, 0.3) is 11.1 Å². The lowest BCUT2D eigenvalue weighted by Gasteiger charge is -2.37. The zero-order valence-corrected chi connectivity index (χ0v) is 38.0. The maximum atomic E-state index is 13.8. The number of esters is 3. The van der Waals surface area contributed by atoms with Gasteiger partial charge in [0.25, 0.3) is 0 Å². The van der Waals surface area contributed by atoms with Crippen LogP contribution >= 0.6 is 0 Å². The second kappa shape index (κ2) is 26.2. The zero-order valence-electron chi connectivity index (χ0n) is 38.0. The van der Waals surface area contributed by atoms with Gasteiger partial charge in [0.1, 0.15) is 11.5 Å². The third kappa shape index (κ3) is 16.3. The summed E-state index contributed by atoms with van der Waals surface area (Å²) in [5, 5.41) is 26.4. The highest BCUT2D eigenvalue weighted by atomic mass is 16.5. The number of carbonyl (C=O) groups excluding carboxylic acids is 3. The van der Waals surface area contributed by atoms with Crippen molar-refractivity contribution < 1.29 is 38.1 Å². The van der Waals surface area contributed by atoms with E-state index in [9.17, 15) is 14.4 Å². The molecule has 0 amide bonds. The van der Waals surface area contributed by atoms with E-state index in [2.05, 4.69) is 22.4 Å². The van der Waals surface area contributed by atoms with Gasteiger partial charge in [0.05, 0.1) is 84.9 Å². The minimum atomic E-state index is -1.13. The highest BCUT2D eigenvalue weighted by Crippen LogP contribution is 2.43. The summed E-state index contributed by atoms with van der Waals surface area (Å²) in [4.78, 5) is 39.8. The van der Waals surface area contributed by atoms with Gasteiger partial charge in [-0.05, 0) is 168 Å². The Morgan fingerprint density at radius 2 is 0.969 bits per heavy atom. The molecule has 64 heavy (non-hydrogen) atoms. The highest BCUT2D eigenvalue weighted by molar-refractivity contribution is 5.81. The van der Waals surface area contributed by atoms with Crippen LogP contribution in [0.2, 0.25) is 0 Å². The average molecular weight is 871 g/mol. The molecule has 0 aromatic heterocycles. The molecule has 0 heterocycles. The first-order chi connectivity index (χ1) is 30.9. The number of nitrogens with zero attached hydrogens (tertiary/aromatic N) is 4. The third-order valence-electron chi connectivity index (χ3n) is 11.3. The summed E-state index contributed by atoms with van der Waals surface area (Å²) in [5.41, 5.74) is 2.53. The molecule has 4 rings (SSSR count). The molecule has 0 aliphatic rings. The Balaban J connectivity index is 1.14. The minimum Gasteiger partial charge on any atom is -0.494 e. The molecule has 12 nitrogen and oxygen atoms in total. The van der Waals surface area contributed by atoms with Crippen LogP contribution in [-0.4, -0.2) is 51.4 Å². The van der Waals surface area contributed by atoms with Crippen LogP contribution in [0.4, 0.5) is 11.4 Å². The smallest absolute Gasteiger partial charge is 0.311 e. The fourth-order valence-corrected chi connectivity index (χ4v) is 7.37. The first kappa shape index (κ1) is 50.1. The summed E-state index contributed by atoms with van der Waals surface area (Å²) in [5.74, 6) is -0.284. The number of carbonyl (C=O) groups is 3. The first-order valence-electron chi connectivity index (χ1n) is 22.2. The average Bonchev–Trinajstić information content (AvgIpc) is 3.32. The molecular formula is C52H62N4O8. The predicted molar refractivity (Wildman–Crippen MR) is 245 cm³/mol. The molecule has 4 aromatic rings. The van der Waals surface area contributed by atoms with E-state index >= 15 is 0 Å². The van der Waals surface area contributed by atoms with Gasteiger partial charge < -0.3 is 23.7 Å². The summed E-state index contributed by atoms with van der Waals surface area (Å²) >= 11 is 0. The zero-order chi connectivity index (χ0) is 46.2. The number of benzene rings is 4. The van der Waals surface area contributed by atoms with Crippen molar-refractivity contribution in [3.8, 4) is 34.8 Å². The largest absolute Gasteiger partial charge is 0.494 e. The Morgan fingerprint density at radius 1 is 0.578 bits per heavy atom. The molecular weight excluding hydrogens is 809 g/mol. The minimum absolute atomic E-state index is 0.166. The molecule has 12 heteroatoms. The monoisotopic (exact) mass is 870 g/mol. The van der Waals surface area contributed by atoms with E-state index in [0.717, 1.165) is 61.2 Å². The Kier molecular flexibility index (Phi) is 20.5. The molecule has 338 valence electrons. The van der Waals surface area contributed by atoms with E-state index in [1.807, 2.05) is 74.5 Å². The van der Waals surface area contributed by atoms with Crippen molar-refractivity contribution in [2.24, 2.45) is 27.0 Å². The normalized spacial score (nSPS) is 13.4. The highest BCUT2D eigenvalue weighted by Gasteiger charge is 2.47. The quantitative estimate of drug-likeness (QED) is 0.0243. The lowest BCUT2D eigenvalue weighted by molar-refractivity contribution is -0.166. The second-order valence-corrected chi connectivity index (χ2v) is 16.6. The number of azo groups is 1. The molecule has 0 saturated carbocycles. The molecule has 0 spiro atoms. The van der Waals surface area contributed by atoms with E-state index in [0.29, 0.717) is 55.0 Å². The van der Waals surface area contributed by atoms with Gasteiger partial charge in [-0.25, -0.2) is 0 Å². The predicted octanol–water partition coefficient (Wildman–Crippen LogP) is 12.2. The molecule has 0 saturated heterocycles. The molecule has 0 N–H and O–H groups in total. The SMILES string of the molecule is CCC(C)(CC(C)(CC(C)C(=O)OC)C(=O)OCCCCCCOc1ccc(/N=N/c2ccc(C#N)cc2)cc1)C(=O)OCCCCCCOc1ccc(-c2ccc(C#N)cc2)cc1. The van der Waals surface area contributed by atoms with Crippen LogP contribution in [-0.2, 0) is 28.6 Å². The summed E-state index contributed by atoms with van der Waals surface area (Å²) in [6, 6.07) is 33.8. The Hall–Kier alpha value is -6.53. The van der Waals surface area contributed by atoms with E-state index in [4.69, 9.17) is 34.2 Å². The van der Waals surface area contributed by atoms with Crippen LogP contribution in [0, 0.1) is 39.4 Å². The van der Waals surface area contributed by atoms with Crippen molar-refractivity contribution in [1.82, 2.24) is 0 Å². The molecule has 0 bridgehead atoms. The van der Waals surface area contributed by atoms with Gasteiger partial charge in [0.15, 0.2) is 0 Å². The summed E-state index contributed by atoms with van der Waals surface area (Å²) in [7, 11) is 1.32. The fourth-order valence-electron chi connectivity index (χ4n) is 7.37. The van der Waals surface area contributed by atoms with Crippen molar-refractivity contribution in [2.45, 2.75) is 98.3 Å². The van der Waals surface area contributed by atoms with Crippen molar-refractivity contribution in [3.05, 3.63) is 108 Å². The van der Waals surface area contributed by atoms with E-state index < -0.39 is 28.7 Å². The number of hydrogen-bond acceptors (Lipinski definition) is 12. The number of nitriles is 2. The lowest BCUT2D eigenvalue weighted by atomic mass is 9.68. The number of methoxy groups -OCH3 is 1. The molecule has 0 radical (unpaired) electrons. The van der Waals surface area contributed by atoms with Crippen molar-refractivity contribution in [3.63, 3.8) is 0 Å². The van der Waals surface area contributed by atoms with Crippen molar-refractivity contribution in [1.29, 1.82) is 10.5 Å². The summed E-state index contributed by atoms with van der Waals surface area (Å²) in [6.45, 7) is 8.83. The van der Waals surface area contributed by atoms with E-state index in [1.54, 1.807) is 50.2 Å². The van der Waals surface area contributed by atoms with Crippen LogP contribution in [0.1, 0.15) is 109 Å². The fraction of sp³-hybridized carbons (Fsp3) is 0.442. The lowest BCUT2D eigenvalue weighted by Crippen LogP contribution is -2.42. The number of hydrogen-bond donors (Lipinski definition) is 0. The van der Waals surface area contributed by atoms with Crippen LogP contribution in [0.15, 0.2) is 107 Å². The van der Waals surface area contributed by atoms with Crippen LogP contribution in [0.3, 0.4) is 0 Å². The van der Waals surface area contributed by atoms with Crippen molar-refractivity contribution >= 4 is 29.3 Å². The Morgan fingerprint density at radius 3 is 1.41 bits per heavy atom. The van der Waals surface area contributed by atoms with Crippen LogP contribution in [0.5, 0.6) is 11.5 Å². The van der Waals surface area contributed by atoms with Gasteiger partial charge in [0.2, 0.25) is 0 Å². The van der Waals surface area contributed by atoms with Gasteiger partial charge in [-0.1, -0.05) is 38.1 Å². The number of rotatable bonds is 27. The molecule has 0 fully saturated rings. The Labute approximate surface area is 378 Å². The maximum absolute atomic E-state index is 13.8. The number of ether oxygens (including phenoxy) is 5. The summed E-state index contributed by atoms with van der Waals surface area (Å²) in [6.07, 6.45) is 7.36. The van der Waals surface area contributed by atoms with Gasteiger partial charge >= 0.3 is 17.9 Å². The van der Waals surface area contributed by atoms with Crippen LogP contribution < -0.4 is 9.47 Å². The van der Waals surface area contributed by atoms with Crippen molar-refractivity contribution in [2.75, 3.05) is 33.5 Å². The Bertz CT molecular complexity index is 2180. The first-order valence-corrected chi connectivity index (χ1v) is 22.2.